The Bertz CT molecular complexity index is 132. The second kappa shape index (κ2) is 5.61. The Kier molecular flexibility index (Phi) is 4.74. The van der Waals surface area contributed by atoms with E-state index in [1.807, 2.05) is 6.92 Å². The fraction of sp³-hybridized carbons (Fsp3) is 1.00. The summed E-state index contributed by atoms with van der Waals surface area (Å²) in [6.45, 7) is 5.07. The highest BCUT2D eigenvalue weighted by atomic mass is 16.3. The molecule has 0 spiro atoms. The number of rotatable bonds is 7. The first-order chi connectivity index (χ1) is 6.24. The van der Waals surface area contributed by atoms with Crippen LogP contribution in [0, 0.1) is 5.92 Å². The summed E-state index contributed by atoms with van der Waals surface area (Å²) in [4.78, 5) is 0. The Hall–Kier alpha value is -0.0800. The maximum atomic E-state index is 9.11. The van der Waals surface area contributed by atoms with Crippen LogP contribution in [0.3, 0.4) is 0 Å². The fourth-order valence-corrected chi connectivity index (χ4v) is 1.79. The van der Waals surface area contributed by atoms with Gasteiger partial charge in [-0.15, -0.1) is 0 Å². The van der Waals surface area contributed by atoms with E-state index >= 15 is 0 Å². The van der Waals surface area contributed by atoms with Crippen LogP contribution in [0.1, 0.15) is 46.0 Å². The summed E-state index contributed by atoms with van der Waals surface area (Å²) in [6, 6.07) is 0.726. The van der Waals surface area contributed by atoms with Gasteiger partial charge < -0.3 is 10.4 Å². The minimum Gasteiger partial charge on any atom is -0.393 e. The average molecular weight is 185 g/mol. The summed E-state index contributed by atoms with van der Waals surface area (Å²) >= 11 is 0. The summed E-state index contributed by atoms with van der Waals surface area (Å²) in [5, 5.41) is 12.7. The molecule has 0 aromatic carbocycles. The van der Waals surface area contributed by atoms with Crippen LogP contribution in [0.15, 0.2) is 0 Å². The van der Waals surface area contributed by atoms with Crippen molar-refractivity contribution in [2.24, 2.45) is 5.92 Å². The highest BCUT2D eigenvalue weighted by Gasteiger charge is 2.29. The molecule has 0 amide bonds. The summed E-state index contributed by atoms with van der Waals surface area (Å²) in [7, 11) is 0. The van der Waals surface area contributed by atoms with Crippen LogP contribution in [0.4, 0.5) is 0 Å². The van der Waals surface area contributed by atoms with Crippen molar-refractivity contribution in [2.75, 3.05) is 6.54 Å². The molecule has 0 aromatic heterocycles. The van der Waals surface area contributed by atoms with E-state index in [0.29, 0.717) is 0 Å². The second-order valence-corrected chi connectivity index (χ2v) is 4.32. The Morgan fingerprint density at radius 2 is 2.08 bits per heavy atom. The Labute approximate surface area is 81.7 Å². The molecule has 0 aliphatic heterocycles. The van der Waals surface area contributed by atoms with Crippen LogP contribution < -0.4 is 5.32 Å². The van der Waals surface area contributed by atoms with Gasteiger partial charge in [-0.05, 0) is 45.1 Å². The molecule has 2 atom stereocenters. The number of hydrogen-bond donors (Lipinski definition) is 2. The molecule has 0 radical (unpaired) electrons. The third-order valence-corrected chi connectivity index (χ3v) is 2.76. The second-order valence-electron chi connectivity index (χ2n) is 4.32. The first-order valence-corrected chi connectivity index (χ1v) is 5.65. The van der Waals surface area contributed by atoms with Gasteiger partial charge in [-0.2, -0.15) is 0 Å². The van der Waals surface area contributed by atoms with Gasteiger partial charge in [-0.3, -0.25) is 0 Å². The largest absolute Gasteiger partial charge is 0.393 e. The third-order valence-electron chi connectivity index (χ3n) is 2.76. The maximum Gasteiger partial charge on any atom is 0.0524 e. The Balaban J connectivity index is 2.07. The van der Waals surface area contributed by atoms with Crippen LogP contribution in [-0.4, -0.2) is 23.8 Å². The van der Waals surface area contributed by atoms with E-state index in [1.165, 1.54) is 25.7 Å². The molecule has 2 N–H and O–H groups in total. The van der Waals surface area contributed by atoms with Crippen molar-refractivity contribution in [3.63, 3.8) is 0 Å². The van der Waals surface area contributed by atoms with Crippen LogP contribution in [0.5, 0.6) is 0 Å². The maximum absolute atomic E-state index is 9.11. The lowest BCUT2D eigenvalue weighted by Crippen LogP contribution is -2.32. The smallest absolute Gasteiger partial charge is 0.0524 e. The zero-order valence-electron chi connectivity index (χ0n) is 8.92. The van der Waals surface area contributed by atoms with Crippen molar-refractivity contribution in [1.29, 1.82) is 0 Å². The molecule has 2 unspecified atom stereocenters. The Morgan fingerprint density at radius 3 is 2.54 bits per heavy atom. The quantitative estimate of drug-likeness (QED) is 0.635. The van der Waals surface area contributed by atoms with E-state index in [-0.39, 0.29) is 6.10 Å². The predicted molar refractivity (Wildman–Crippen MR) is 55.7 cm³/mol. The first-order valence-electron chi connectivity index (χ1n) is 5.65. The summed E-state index contributed by atoms with van der Waals surface area (Å²) in [6.07, 6.45) is 6.10. The highest BCUT2D eigenvalue weighted by molar-refractivity contribution is 4.85. The van der Waals surface area contributed by atoms with E-state index < -0.39 is 0 Å². The summed E-state index contributed by atoms with van der Waals surface area (Å²) in [5.41, 5.74) is 0. The van der Waals surface area contributed by atoms with Crippen LogP contribution in [0.25, 0.3) is 0 Å². The average Bonchev–Trinajstić information content (AvgIpc) is 2.84. The molecule has 0 heterocycles. The number of aliphatic hydroxyl groups excluding tert-OH is 1. The van der Waals surface area contributed by atoms with E-state index in [2.05, 4.69) is 12.2 Å². The summed E-state index contributed by atoms with van der Waals surface area (Å²) < 4.78 is 0. The van der Waals surface area contributed by atoms with Gasteiger partial charge in [0.1, 0.15) is 0 Å². The molecular weight excluding hydrogens is 162 g/mol. The van der Waals surface area contributed by atoms with Crippen molar-refractivity contribution in [1.82, 2.24) is 5.32 Å². The molecular formula is C11H23NO. The Morgan fingerprint density at radius 1 is 1.38 bits per heavy atom. The molecule has 0 saturated heterocycles. The van der Waals surface area contributed by atoms with Gasteiger partial charge in [-0.25, -0.2) is 0 Å². The van der Waals surface area contributed by atoms with Gasteiger partial charge in [0, 0.05) is 6.04 Å². The lowest BCUT2D eigenvalue weighted by atomic mass is 10.1. The minimum absolute atomic E-state index is 0.158. The predicted octanol–water partition coefficient (Wildman–Crippen LogP) is 1.93. The fourth-order valence-electron chi connectivity index (χ4n) is 1.79. The molecule has 1 aliphatic carbocycles. The monoisotopic (exact) mass is 185 g/mol. The molecule has 0 aromatic rings. The molecule has 1 fully saturated rings. The van der Waals surface area contributed by atoms with Gasteiger partial charge in [0.2, 0.25) is 0 Å². The van der Waals surface area contributed by atoms with Crippen molar-refractivity contribution in [2.45, 2.75) is 58.1 Å². The van der Waals surface area contributed by atoms with Crippen LogP contribution >= 0.6 is 0 Å². The molecule has 1 saturated carbocycles. The molecule has 0 bridgehead atoms. The molecule has 2 heteroatoms. The van der Waals surface area contributed by atoms with Crippen molar-refractivity contribution in [3.05, 3.63) is 0 Å². The third kappa shape index (κ3) is 4.63. The lowest BCUT2D eigenvalue weighted by molar-refractivity contribution is 0.181. The lowest BCUT2D eigenvalue weighted by Gasteiger charge is -2.17. The standard InChI is InChI=1S/C11H23NO/c1-3-4-11(10-5-6-10)12-8-7-9(2)13/h9-13H,3-8H2,1-2H3. The van der Waals surface area contributed by atoms with Crippen molar-refractivity contribution < 1.29 is 5.11 Å². The van der Waals surface area contributed by atoms with Crippen LogP contribution in [0.2, 0.25) is 0 Å². The normalized spacial score (nSPS) is 21.5. The van der Waals surface area contributed by atoms with E-state index in [1.54, 1.807) is 0 Å². The van der Waals surface area contributed by atoms with Crippen LogP contribution in [-0.2, 0) is 0 Å². The highest BCUT2D eigenvalue weighted by Crippen LogP contribution is 2.34. The summed E-state index contributed by atoms with van der Waals surface area (Å²) in [5.74, 6) is 0.939. The number of aliphatic hydroxyl groups is 1. The molecule has 1 rings (SSSR count). The van der Waals surface area contributed by atoms with E-state index in [4.69, 9.17) is 5.11 Å². The van der Waals surface area contributed by atoms with Crippen molar-refractivity contribution in [3.8, 4) is 0 Å². The van der Waals surface area contributed by atoms with Gasteiger partial charge in [0.15, 0.2) is 0 Å². The molecule has 78 valence electrons. The first kappa shape index (κ1) is 11.0. The van der Waals surface area contributed by atoms with Gasteiger partial charge in [0.05, 0.1) is 6.10 Å². The SMILES string of the molecule is CCCC(NCCC(C)O)C1CC1. The molecule has 2 nitrogen and oxygen atoms in total. The number of nitrogens with one attached hydrogen (secondary N) is 1. The molecule has 13 heavy (non-hydrogen) atoms. The van der Waals surface area contributed by atoms with E-state index in [9.17, 15) is 0 Å². The topological polar surface area (TPSA) is 32.3 Å². The van der Waals surface area contributed by atoms with E-state index in [0.717, 1.165) is 24.9 Å². The van der Waals surface area contributed by atoms with Crippen molar-refractivity contribution >= 4 is 0 Å². The van der Waals surface area contributed by atoms with Gasteiger partial charge >= 0.3 is 0 Å². The van der Waals surface area contributed by atoms with Gasteiger partial charge in [0.25, 0.3) is 0 Å². The van der Waals surface area contributed by atoms with Gasteiger partial charge in [-0.1, -0.05) is 13.3 Å². The molecule has 1 aliphatic rings. The minimum atomic E-state index is -0.158. The zero-order valence-corrected chi connectivity index (χ0v) is 8.92. The number of hydrogen-bond acceptors (Lipinski definition) is 2. The zero-order chi connectivity index (χ0) is 9.68.